The monoisotopic (exact) mass is 483 g/mol. The standard InChI is InChI=1S/C26H31N2O3S2/c1-2-31-26(30)27-24(16-8-4-7-13-21-11-5-3-6-12-21)25(29)28(19-22-14-9-17-32-22)20-23-15-10-18-33-23/h3,5-7,9-12,14-15,17-18,24H,2,4,8,13,16,19-20H2,1H3,(H,27,30)/t24-/m0/s1. The Morgan fingerprint density at radius 2 is 1.67 bits per heavy atom. The number of carbonyl (C=O) groups is 2. The van der Waals surface area contributed by atoms with Crippen molar-refractivity contribution >= 4 is 34.7 Å². The molecular formula is C26H31N2O3S2. The maximum absolute atomic E-state index is 13.6. The number of nitrogens with zero attached hydrogens (tertiary/aromatic N) is 1. The summed E-state index contributed by atoms with van der Waals surface area (Å²) in [6, 6.07) is 17.7. The van der Waals surface area contributed by atoms with Crippen LogP contribution in [-0.4, -0.2) is 29.5 Å². The molecule has 2 heterocycles. The molecule has 0 bridgehead atoms. The lowest BCUT2D eigenvalue weighted by Crippen LogP contribution is -2.48. The first-order chi connectivity index (χ1) is 16.2. The van der Waals surface area contributed by atoms with Gasteiger partial charge in [0.1, 0.15) is 6.04 Å². The molecule has 0 saturated carbocycles. The second kappa shape index (κ2) is 13.8. The minimum atomic E-state index is -0.617. The summed E-state index contributed by atoms with van der Waals surface area (Å²) in [6.45, 7) is 3.08. The molecule has 33 heavy (non-hydrogen) atoms. The van der Waals surface area contributed by atoms with E-state index >= 15 is 0 Å². The molecule has 1 aromatic carbocycles. The van der Waals surface area contributed by atoms with Gasteiger partial charge in [0.2, 0.25) is 5.91 Å². The minimum Gasteiger partial charge on any atom is -0.450 e. The lowest BCUT2D eigenvalue weighted by Gasteiger charge is -2.27. The van der Waals surface area contributed by atoms with Gasteiger partial charge in [-0.25, -0.2) is 4.79 Å². The summed E-state index contributed by atoms with van der Waals surface area (Å²) in [5, 5.41) is 6.83. The molecule has 0 unspecified atom stereocenters. The number of hydrogen-bond donors (Lipinski definition) is 1. The first-order valence-corrected chi connectivity index (χ1v) is 13.0. The number of benzene rings is 1. The van der Waals surface area contributed by atoms with Gasteiger partial charge in [-0.3, -0.25) is 4.79 Å². The molecule has 0 aliphatic heterocycles. The number of alkyl carbamates (subject to hydrolysis) is 1. The van der Waals surface area contributed by atoms with Crippen LogP contribution < -0.4 is 5.32 Å². The van der Waals surface area contributed by atoms with E-state index in [2.05, 4.69) is 23.9 Å². The zero-order valence-electron chi connectivity index (χ0n) is 18.9. The van der Waals surface area contributed by atoms with E-state index < -0.39 is 12.1 Å². The number of thiophene rings is 2. The zero-order chi connectivity index (χ0) is 23.3. The molecule has 1 N–H and O–H groups in total. The van der Waals surface area contributed by atoms with Crippen molar-refractivity contribution in [2.24, 2.45) is 0 Å². The van der Waals surface area contributed by atoms with Crippen LogP contribution in [0.4, 0.5) is 4.79 Å². The molecule has 2 amide bonds. The molecule has 0 fully saturated rings. The van der Waals surface area contributed by atoms with E-state index in [1.54, 1.807) is 29.6 Å². The highest BCUT2D eigenvalue weighted by Crippen LogP contribution is 2.19. The van der Waals surface area contributed by atoms with Gasteiger partial charge in [0.05, 0.1) is 19.7 Å². The van der Waals surface area contributed by atoms with Crippen LogP contribution in [0.2, 0.25) is 0 Å². The number of rotatable bonds is 13. The van der Waals surface area contributed by atoms with Gasteiger partial charge < -0.3 is 15.0 Å². The first-order valence-electron chi connectivity index (χ1n) is 11.3. The van der Waals surface area contributed by atoms with E-state index in [1.807, 2.05) is 58.1 Å². The predicted molar refractivity (Wildman–Crippen MR) is 135 cm³/mol. The second-order valence-corrected chi connectivity index (χ2v) is 9.74. The van der Waals surface area contributed by atoms with Crippen molar-refractivity contribution in [2.75, 3.05) is 6.61 Å². The SMILES string of the molecule is CCOC(=O)N[C@@H](CCC[CH]Cc1ccccc1)C(=O)N(Cc1cccs1)Cc1cccs1. The van der Waals surface area contributed by atoms with Gasteiger partial charge in [-0.15, -0.1) is 22.7 Å². The fourth-order valence-electron chi connectivity index (χ4n) is 3.53. The predicted octanol–water partition coefficient (Wildman–Crippen LogP) is 6.07. The van der Waals surface area contributed by atoms with Crippen molar-refractivity contribution in [1.29, 1.82) is 0 Å². The molecule has 1 atom stereocenters. The van der Waals surface area contributed by atoms with E-state index in [9.17, 15) is 9.59 Å². The number of nitrogens with one attached hydrogen (secondary N) is 1. The van der Waals surface area contributed by atoms with Gasteiger partial charge in [-0.05, 0) is 61.1 Å². The van der Waals surface area contributed by atoms with Gasteiger partial charge in [0.15, 0.2) is 0 Å². The summed E-state index contributed by atoms with van der Waals surface area (Å²) in [4.78, 5) is 29.8. The highest BCUT2D eigenvalue weighted by molar-refractivity contribution is 7.10. The fourth-order valence-corrected chi connectivity index (χ4v) is 4.97. The summed E-state index contributed by atoms with van der Waals surface area (Å²) in [5.41, 5.74) is 1.27. The summed E-state index contributed by atoms with van der Waals surface area (Å²) >= 11 is 3.26. The number of ether oxygens (including phenoxy) is 1. The number of unbranched alkanes of at least 4 members (excludes halogenated alkanes) is 2. The van der Waals surface area contributed by atoms with Crippen LogP contribution in [-0.2, 0) is 29.0 Å². The molecule has 2 aromatic heterocycles. The molecular weight excluding hydrogens is 452 g/mol. The van der Waals surface area contributed by atoms with Crippen LogP contribution in [0.5, 0.6) is 0 Å². The summed E-state index contributed by atoms with van der Waals surface area (Å²) in [7, 11) is 0. The van der Waals surface area contributed by atoms with E-state index in [0.717, 1.165) is 29.0 Å². The maximum Gasteiger partial charge on any atom is 0.407 e. The summed E-state index contributed by atoms with van der Waals surface area (Å²) in [5.74, 6) is -0.0760. The van der Waals surface area contributed by atoms with Crippen molar-refractivity contribution in [1.82, 2.24) is 10.2 Å². The van der Waals surface area contributed by atoms with Crippen LogP contribution >= 0.6 is 22.7 Å². The van der Waals surface area contributed by atoms with Crippen molar-refractivity contribution in [3.63, 3.8) is 0 Å². The Hall–Kier alpha value is -2.64. The van der Waals surface area contributed by atoms with Gasteiger partial charge in [-0.1, -0.05) is 48.9 Å². The molecule has 1 radical (unpaired) electrons. The molecule has 0 saturated heterocycles. The summed E-state index contributed by atoms with van der Waals surface area (Å²) in [6.07, 6.45) is 4.83. The number of carbonyl (C=O) groups excluding carboxylic acids is 2. The van der Waals surface area contributed by atoms with Crippen LogP contribution in [0.3, 0.4) is 0 Å². The Morgan fingerprint density at radius 3 is 2.24 bits per heavy atom. The molecule has 0 spiro atoms. The third-order valence-corrected chi connectivity index (χ3v) is 6.88. The van der Waals surface area contributed by atoms with E-state index in [0.29, 0.717) is 19.5 Å². The maximum atomic E-state index is 13.6. The Bertz CT molecular complexity index is 907. The molecule has 0 aliphatic rings. The Kier molecular flexibility index (Phi) is 10.5. The van der Waals surface area contributed by atoms with E-state index in [1.165, 1.54) is 5.56 Å². The Labute approximate surface area is 204 Å². The third kappa shape index (κ3) is 8.67. The van der Waals surface area contributed by atoms with Crippen molar-refractivity contribution in [3.8, 4) is 0 Å². The molecule has 3 rings (SSSR count). The van der Waals surface area contributed by atoms with E-state index in [4.69, 9.17) is 4.74 Å². The number of amides is 2. The van der Waals surface area contributed by atoms with Gasteiger partial charge in [0, 0.05) is 9.75 Å². The van der Waals surface area contributed by atoms with E-state index in [-0.39, 0.29) is 12.5 Å². The highest BCUT2D eigenvalue weighted by Gasteiger charge is 2.27. The molecule has 0 aliphatic carbocycles. The number of hydrogen-bond acceptors (Lipinski definition) is 5. The van der Waals surface area contributed by atoms with Crippen LogP contribution in [0.1, 0.15) is 41.5 Å². The van der Waals surface area contributed by atoms with Gasteiger partial charge in [-0.2, -0.15) is 0 Å². The van der Waals surface area contributed by atoms with Crippen LogP contribution in [0.15, 0.2) is 65.4 Å². The topological polar surface area (TPSA) is 58.6 Å². The zero-order valence-corrected chi connectivity index (χ0v) is 20.6. The molecule has 7 heteroatoms. The molecule has 3 aromatic rings. The largest absolute Gasteiger partial charge is 0.450 e. The average Bonchev–Trinajstić information content (AvgIpc) is 3.52. The second-order valence-electron chi connectivity index (χ2n) is 7.68. The fraction of sp³-hybridized carbons (Fsp3) is 0.346. The van der Waals surface area contributed by atoms with Gasteiger partial charge in [0.25, 0.3) is 0 Å². The van der Waals surface area contributed by atoms with Gasteiger partial charge >= 0.3 is 6.09 Å². The average molecular weight is 484 g/mol. The summed E-state index contributed by atoms with van der Waals surface area (Å²) < 4.78 is 5.07. The smallest absolute Gasteiger partial charge is 0.407 e. The third-order valence-electron chi connectivity index (χ3n) is 5.15. The van der Waals surface area contributed by atoms with Crippen molar-refractivity contribution in [2.45, 2.75) is 51.7 Å². The first kappa shape index (κ1) is 25.0. The molecule has 5 nitrogen and oxygen atoms in total. The highest BCUT2D eigenvalue weighted by atomic mass is 32.1. The lowest BCUT2D eigenvalue weighted by molar-refractivity contribution is -0.134. The molecule has 175 valence electrons. The quantitative estimate of drug-likeness (QED) is 0.300. The van der Waals surface area contributed by atoms with Crippen molar-refractivity contribution < 1.29 is 14.3 Å². The minimum absolute atomic E-state index is 0.0760. The lowest BCUT2D eigenvalue weighted by atomic mass is 10.0. The van der Waals surface area contributed by atoms with Crippen molar-refractivity contribution in [3.05, 3.63) is 87.1 Å². The Morgan fingerprint density at radius 1 is 1.00 bits per heavy atom. The van der Waals surface area contributed by atoms with Crippen LogP contribution in [0.25, 0.3) is 0 Å². The van der Waals surface area contributed by atoms with Crippen LogP contribution in [0, 0.1) is 6.42 Å². The Balaban J connectivity index is 1.62. The normalized spacial score (nSPS) is 11.7.